The summed E-state index contributed by atoms with van der Waals surface area (Å²) in [5, 5.41) is 11.0. The van der Waals surface area contributed by atoms with Gasteiger partial charge in [0.1, 0.15) is 0 Å². The van der Waals surface area contributed by atoms with Crippen LogP contribution in [0.15, 0.2) is 10.5 Å². The molecule has 1 N–H and O–H groups in total. The minimum Gasteiger partial charge on any atom is -0.419 e. The van der Waals surface area contributed by atoms with E-state index in [0.717, 1.165) is 17.8 Å². The van der Waals surface area contributed by atoms with Crippen LogP contribution in [0.5, 0.6) is 0 Å². The largest absolute Gasteiger partial charge is 0.419 e. The number of hydrogen-bond acceptors (Lipinski definition) is 6. The van der Waals surface area contributed by atoms with Gasteiger partial charge in [-0.25, -0.2) is 0 Å². The van der Waals surface area contributed by atoms with Gasteiger partial charge in [-0.2, -0.15) is 0 Å². The minimum atomic E-state index is 0.0439. The first-order chi connectivity index (χ1) is 10.2. The molecule has 0 aromatic carbocycles. The Hall–Kier alpha value is -1.73. The van der Waals surface area contributed by atoms with E-state index in [-0.39, 0.29) is 5.91 Å². The number of carbonyl (C=O) groups excluding carboxylic acids is 1. The van der Waals surface area contributed by atoms with Crippen molar-refractivity contribution in [2.75, 3.05) is 19.6 Å². The third kappa shape index (κ3) is 3.14. The molecule has 112 valence electrons. The predicted molar refractivity (Wildman–Crippen MR) is 80.0 cm³/mol. The molecule has 0 radical (unpaired) electrons. The van der Waals surface area contributed by atoms with Crippen LogP contribution in [-0.4, -0.2) is 40.6 Å². The molecule has 0 bridgehead atoms. The Kier molecular flexibility index (Phi) is 4.03. The summed E-state index contributed by atoms with van der Waals surface area (Å²) in [5.41, 5.74) is 1.27. The molecule has 0 saturated carbocycles. The lowest BCUT2D eigenvalue weighted by atomic mass is 10.2. The van der Waals surface area contributed by atoms with Crippen LogP contribution in [0, 0.1) is 6.92 Å². The zero-order chi connectivity index (χ0) is 14.8. The molecule has 0 unspecified atom stereocenters. The van der Waals surface area contributed by atoms with E-state index >= 15 is 0 Å². The van der Waals surface area contributed by atoms with Crippen molar-refractivity contribution in [3.8, 4) is 10.8 Å². The number of nitrogens with zero attached hydrogens (tertiary/aromatic N) is 3. The minimum absolute atomic E-state index is 0.0439. The van der Waals surface area contributed by atoms with Gasteiger partial charge in [0.05, 0.1) is 18.0 Å². The molecule has 3 heterocycles. The second-order valence-electron chi connectivity index (χ2n) is 5.13. The maximum absolute atomic E-state index is 11.3. The van der Waals surface area contributed by atoms with Gasteiger partial charge in [-0.15, -0.1) is 21.5 Å². The summed E-state index contributed by atoms with van der Waals surface area (Å²) in [4.78, 5) is 15.7. The summed E-state index contributed by atoms with van der Waals surface area (Å²) < 4.78 is 5.74. The van der Waals surface area contributed by atoms with Crippen molar-refractivity contribution in [2.24, 2.45) is 0 Å². The van der Waals surface area contributed by atoms with Crippen LogP contribution in [-0.2, 0) is 17.8 Å². The average Bonchev–Trinajstić information content (AvgIpc) is 3.05. The van der Waals surface area contributed by atoms with E-state index in [4.69, 9.17) is 4.42 Å². The molecule has 3 rings (SSSR count). The third-order valence-electron chi connectivity index (χ3n) is 3.50. The Morgan fingerprint density at radius 3 is 3.05 bits per heavy atom. The number of nitrogens with one attached hydrogen (secondary N) is 1. The first-order valence-corrected chi connectivity index (χ1v) is 7.88. The number of piperazine rings is 1. The van der Waals surface area contributed by atoms with Gasteiger partial charge in [-0.1, -0.05) is 6.92 Å². The van der Waals surface area contributed by atoms with Crippen LogP contribution in [0.4, 0.5) is 0 Å². The normalized spacial score (nSPS) is 16.2. The topological polar surface area (TPSA) is 71.3 Å². The number of hydrogen-bond donors (Lipinski definition) is 1. The number of thiophene rings is 1. The van der Waals surface area contributed by atoms with E-state index in [1.165, 1.54) is 10.4 Å². The van der Waals surface area contributed by atoms with Crippen LogP contribution >= 0.6 is 11.3 Å². The quantitative estimate of drug-likeness (QED) is 0.929. The summed E-state index contributed by atoms with van der Waals surface area (Å²) in [6, 6.07) is 2.09. The lowest BCUT2D eigenvalue weighted by molar-refractivity contribution is -0.124. The molecular weight excluding hydrogens is 288 g/mol. The highest BCUT2D eigenvalue weighted by Gasteiger charge is 2.19. The van der Waals surface area contributed by atoms with Crippen molar-refractivity contribution in [3.63, 3.8) is 0 Å². The van der Waals surface area contributed by atoms with Crippen LogP contribution in [0.1, 0.15) is 23.3 Å². The number of aromatic nitrogens is 2. The molecule has 0 atom stereocenters. The van der Waals surface area contributed by atoms with Gasteiger partial charge >= 0.3 is 0 Å². The Morgan fingerprint density at radius 1 is 1.48 bits per heavy atom. The molecule has 21 heavy (non-hydrogen) atoms. The second-order valence-corrected chi connectivity index (χ2v) is 6.27. The van der Waals surface area contributed by atoms with E-state index in [2.05, 4.69) is 35.4 Å². The van der Waals surface area contributed by atoms with Gasteiger partial charge in [-0.05, 0) is 25.0 Å². The molecule has 0 spiro atoms. The van der Waals surface area contributed by atoms with Crippen LogP contribution in [0.2, 0.25) is 0 Å². The number of amides is 1. The highest BCUT2D eigenvalue weighted by atomic mass is 32.1. The Labute approximate surface area is 127 Å². The predicted octanol–water partition coefficient (Wildman–Crippen LogP) is 1.60. The average molecular weight is 306 g/mol. The fourth-order valence-corrected chi connectivity index (χ4v) is 3.45. The number of aryl methyl sites for hydroxylation is 2. The van der Waals surface area contributed by atoms with Crippen LogP contribution in [0.25, 0.3) is 10.8 Å². The Bertz CT molecular complexity index is 649. The van der Waals surface area contributed by atoms with E-state index in [0.29, 0.717) is 31.4 Å². The fourth-order valence-electron chi connectivity index (χ4n) is 2.41. The van der Waals surface area contributed by atoms with E-state index in [1.54, 1.807) is 11.3 Å². The molecule has 1 amide bonds. The molecule has 1 aliphatic rings. The Morgan fingerprint density at radius 2 is 2.33 bits per heavy atom. The molecule has 0 aliphatic carbocycles. The zero-order valence-electron chi connectivity index (χ0n) is 12.2. The SMILES string of the molecule is CCc1sc(-c2nnc(CN3CCNC(=O)C3)o2)cc1C. The molecule has 2 aromatic heterocycles. The summed E-state index contributed by atoms with van der Waals surface area (Å²) >= 11 is 1.70. The molecule has 1 aliphatic heterocycles. The smallest absolute Gasteiger partial charge is 0.257 e. The van der Waals surface area contributed by atoms with Gasteiger partial charge in [0.15, 0.2) is 0 Å². The van der Waals surface area contributed by atoms with Gasteiger partial charge in [-0.3, -0.25) is 9.69 Å². The van der Waals surface area contributed by atoms with Gasteiger partial charge < -0.3 is 9.73 Å². The van der Waals surface area contributed by atoms with E-state index in [9.17, 15) is 4.79 Å². The standard InChI is InChI=1S/C14H18N4O2S/c1-3-10-9(2)6-11(21-10)14-17-16-13(20-14)8-18-5-4-15-12(19)7-18/h6H,3-5,7-8H2,1-2H3,(H,15,19). The Balaban J connectivity index is 1.72. The van der Waals surface area contributed by atoms with Gasteiger partial charge in [0.25, 0.3) is 5.89 Å². The summed E-state index contributed by atoms with van der Waals surface area (Å²) in [5.74, 6) is 1.17. The molecule has 1 fully saturated rings. The van der Waals surface area contributed by atoms with Crippen LogP contribution < -0.4 is 5.32 Å². The van der Waals surface area contributed by atoms with Gasteiger partial charge in [0, 0.05) is 18.0 Å². The van der Waals surface area contributed by atoms with Crippen molar-refractivity contribution in [1.29, 1.82) is 0 Å². The summed E-state index contributed by atoms with van der Waals surface area (Å²) in [6.45, 7) is 6.62. The molecule has 2 aromatic rings. The molecular formula is C14H18N4O2S. The second kappa shape index (κ2) is 5.95. The maximum atomic E-state index is 11.3. The first-order valence-electron chi connectivity index (χ1n) is 7.07. The molecule has 1 saturated heterocycles. The van der Waals surface area contributed by atoms with E-state index < -0.39 is 0 Å². The number of rotatable bonds is 4. The summed E-state index contributed by atoms with van der Waals surface area (Å²) in [7, 11) is 0. The van der Waals surface area contributed by atoms with E-state index in [1.807, 2.05) is 4.90 Å². The van der Waals surface area contributed by atoms with Crippen molar-refractivity contribution in [3.05, 3.63) is 22.4 Å². The van der Waals surface area contributed by atoms with Crippen molar-refractivity contribution in [1.82, 2.24) is 20.4 Å². The maximum Gasteiger partial charge on any atom is 0.257 e. The lowest BCUT2D eigenvalue weighted by Gasteiger charge is -2.24. The third-order valence-corrected chi connectivity index (χ3v) is 4.87. The highest BCUT2D eigenvalue weighted by molar-refractivity contribution is 7.15. The lowest BCUT2D eigenvalue weighted by Crippen LogP contribution is -2.47. The fraction of sp³-hybridized carbons (Fsp3) is 0.500. The highest BCUT2D eigenvalue weighted by Crippen LogP contribution is 2.30. The van der Waals surface area contributed by atoms with Gasteiger partial charge in [0.2, 0.25) is 11.8 Å². The zero-order valence-corrected chi connectivity index (χ0v) is 13.0. The molecule has 6 nitrogen and oxygen atoms in total. The summed E-state index contributed by atoms with van der Waals surface area (Å²) in [6.07, 6.45) is 1.01. The number of carbonyl (C=O) groups is 1. The van der Waals surface area contributed by atoms with Crippen molar-refractivity contribution < 1.29 is 9.21 Å². The monoisotopic (exact) mass is 306 g/mol. The van der Waals surface area contributed by atoms with Crippen molar-refractivity contribution in [2.45, 2.75) is 26.8 Å². The van der Waals surface area contributed by atoms with Crippen LogP contribution in [0.3, 0.4) is 0 Å². The van der Waals surface area contributed by atoms with Crippen molar-refractivity contribution >= 4 is 17.2 Å². The molecule has 7 heteroatoms. The first kappa shape index (κ1) is 14.2.